The number of nitrogens with zero attached hydrogens (tertiary/aromatic N) is 1. The largest absolute Gasteiger partial charge is 0.279 e. The molecule has 2 aromatic rings. The molecule has 4 heteroatoms. The van der Waals surface area contributed by atoms with Gasteiger partial charge in [0.1, 0.15) is 5.82 Å². The maximum Gasteiger partial charge on any atom is 0.123 e. The van der Waals surface area contributed by atoms with E-state index in [9.17, 15) is 4.39 Å². The van der Waals surface area contributed by atoms with Crippen molar-refractivity contribution in [2.24, 2.45) is 5.10 Å². The smallest absolute Gasteiger partial charge is 0.123 e. The lowest BCUT2D eigenvalue weighted by Crippen LogP contribution is -1.90. The summed E-state index contributed by atoms with van der Waals surface area (Å²) in [5.74, 6) is -0.277. The number of anilines is 1. The first-order chi connectivity index (χ1) is 8.24. The maximum atomic E-state index is 12.9. The van der Waals surface area contributed by atoms with Gasteiger partial charge in [0.15, 0.2) is 0 Å². The average molecular weight is 249 g/mol. The van der Waals surface area contributed by atoms with Gasteiger partial charge in [-0.2, -0.15) is 5.10 Å². The Morgan fingerprint density at radius 3 is 2.59 bits per heavy atom. The number of hydrogen-bond donors (Lipinski definition) is 1. The maximum absolute atomic E-state index is 12.9. The van der Waals surface area contributed by atoms with Gasteiger partial charge in [0, 0.05) is 5.02 Å². The predicted octanol–water partition coefficient (Wildman–Crippen LogP) is 3.93. The summed E-state index contributed by atoms with van der Waals surface area (Å²) >= 11 is 5.75. The van der Waals surface area contributed by atoms with Crippen LogP contribution in [0.3, 0.4) is 0 Å². The van der Waals surface area contributed by atoms with Crippen molar-refractivity contribution in [3.63, 3.8) is 0 Å². The van der Waals surface area contributed by atoms with Crippen LogP contribution in [-0.4, -0.2) is 6.21 Å². The predicted molar refractivity (Wildman–Crippen MR) is 69.1 cm³/mol. The van der Waals surface area contributed by atoms with Crippen LogP contribution in [0.2, 0.25) is 5.02 Å². The Morgan fingerprint density at radius 2 is 1.88 bits per heavy atom. The molecule has 86 valence electrons. The Hall–Kier alpha value is -1.87. The first-order valence-corrected chi connectivity index (χ1v) is 5.42. The van der Waals surface area contributed by atoms with Crippen molar-refractivity contribution in [2.45, 2.75) is 0 Å². The summed E-state index contributed by atoms with van der Waals surface area (Å²) < 4.78 is 12.9. The minimum absolute atomic E-state index is 0.277. The van der Waals surface area contributed by atoms with Crippen molar-refractivity contribution in [1.29, 1.82) is 0 Å². The van der Waals surface area contributed by atoms with E-state index in [1.54, 1.807) is 30.5 Å². The minimum Gasteiger partial charge on any atom is -0.279 e. The Morgan fingerprint density at radius 1 is 1.12 bits per heavy atom. The Balaban J connectivity index is 2.00. The van der Waals surface area contributed by atoms with Gasteiger partial charge in [-0.05, 0) is 42.0 Å². The summed E-state index contributed by atoms with van der Waals surface area (Å²) in [6, 6.07) is 13.4. The van der Waals surface area contributed by atoms with Crippen molar-refractivity contribution >= 4 is 23.5 Å². The lowest BCUT2D eigenvalue weighted by atomic mass is 10.2. The highest BCUT2D eigenvalue weighted by Crippen LogP contribution is 2.13. The van der Waals surface area contributed by atoms with Gasteiger partial charge in [-0.15, -0.1) is 0 Å². The number of halogens is 2. The van der Waals surface area contributed by atoms with E-state index in [-0.39, 0.29) is 5.82 Å². The number of hydrogen-bond acceptors (Lipinski definition) is 2. The Labute approximate surface area is 104 Å². The molecule has 0 saturated carbocycles. The fourth-order valence-electron chi connectivity index (χ4n) is 1.29. The third-order valence-corrected chi connectivity index (χ3v) is 2.35. The number of benzene rings is 2. The summed E-state index contributed by atoms with van der Waals surface area (Å²) in [7, 11) is 0. The van der Waals surface area contributed by atoms with Crippen molar-refractivity contribution in [3.8, 4) is 0 Å². The van der Waals surface area contributed by atoms with Crippen LogP contribution >= 0.6 is 11.6 Å². The highest BCUT2D eigenvalue weighted by atomic mass is 35.5. The molecule has 0 amide bonds. The lowest BCUT2D eigenvalue weighted by Gasteiger charge is -1.99. The zero-order chi connectivity index (χ0) is 12.1. The summed E-state index contributed by atoms with van der Waals surface area (Å²) in [4.78, 5) is 0. The highest BCUT2D eigenvalue weighted by Gasteiger charge is 1.91. The van der Waals surface area contributed by atoms with Crippen molar-refractivity contribution < 1.29 is 4.39 Å². The highest BCUT2D eigenvalue weighted by molar-refractivity contribution is 6.30. The van der Waals surface area contributed by atoms with E-state index in [0.717, 1.165) is 5.69 Å². The third-order valence-electron chi connectivity index (χ3n) is 2.10. The second kappa shape index (κ2) is 5.46. The van der Waals surface area contributed by atoms with Gasteiger partial charge in [-0.3, -0.25) is 5.43 Å². The molecule has 0 heterocycles. The van der Waals surface area contributed by atoms with E-state index in [2.05, 4.69) is 10.5 Å². The van der Waals surface area contributed by atoms with Gasteiger partial charge in [0.05, 0.1) is 11.9 Å². The molecule has 0 aliphatic carbocycles. The summed E-state index contributed by atoms with van der Waals surface area (Å²) in [5.41, 5.74) is 4.35. The van der Waals surface area contributed by atoms with Crippen LogP contribution in [-0.2, 0) is 0 Å². The van der Waals surface area contributed by atoms with Crippen LogP contribution in [0.15, 0.2) is 53.6 Å². The van der Waals surface area contributed by atoms with Gasteiger partial charge < -0.3 is 0 Å². The van der Waals surface area contributed by atoms with Gasteiger partial charge in [0.25, 0.3) is 0 Å². The summed E-state index contributed by atoms with van der Waals surface area (Å²) in [6.07, 6.45) is 1.55. The van der Waals surface area contributed by atoms with Crippen LogP contribution in [0.1, 0.15) is 5.56 Å². The van der Waals surface area contributed by atoms with Crippen molar-refractivity contribution in [2.75, 3.05) is 5.43 Å². The third kappa shape index (κ3) is 3.57. The first kappa shape index (κ1) is 11.6. The van der Waals surface area contributed by atoms with E-state index < -0.39 is 0 Å². The molecule has 17 heavy (non-hydrogen) atoms. The van der Waals surface area contributed by atoms with Gasteiger partial charge in [-0.1, -0.05) is 23.7 Å². The minimum atomic E-state index is -0.277. The molecule has 0 radical (unpaired) electrons. The normalized spacial score (nSPS) is 10.7. The molecule has 2 rings (SSSR count). The monoisotopic (exact) mass is 248 g/mol. The van der Waals surface area contributed by atoms with Crippen LogP contribution in [0.4, 0.5) is 10.1 Å². The standard InChI is InChI=1S/C13H10ClFN2/c14-11-4-6-13(7-5-11)17-16-9-10-2-1-3-12(15)8-10/h1-9,17H/b16-9+. The van der Waals surface area contributed by atoms with E-state index in [4.69, 9.17) is 11.6 Å². The lowest BCUT2D eigenvalue weighted by molar-refractivity contribution is 0.627. The zero-order valence-corrected chi connectivity index (χ0v) is 9.66. The average Bonchev–Trinajstić information content (AvgIpc) is 2.32. The second-order valence-electron chi connectivity index (χ2n) is 3.43. The molecule has 0 bridgehead atoms. The topological polar surface area (TPSA) is 24.4 Å². The Kier molecular flexibility index (Phi) is 3.73. The molecule has 0 atom stereocenters. The van der Waals surface area contributed by atoms with Crippen LogP contribution < -0.4 is 5.43 Å². The summed E-state index contributed by atoms with van der Waals surface area (Å²) in [6.45, 7) is 0. The van der Waals surface area contributed by atoms with E-state index in [1.807, 2.05) is 12.1 Å². The molecule has 1 N–H and O–H groups in total. The number of hydrazone groups is 1. The zero-order valence-electron chi connectivity index (χ0n) is 8.90. The number of rotatable bonds is 3. The molecule has 0 spiro atoms. The van der Waals surface area contributed by atoms with E-state index in [1.165, 1.54) is 12.1 Å². The fourth-order valence-corrected chi connectivity index (χ4v) is 1.42. The van der Waals surface area contributed by atoms with Crippen molar-refractivity contribution in [1.82, 2.24) is 0 Å². The van der Waals surface area contributed by atoms with E-state index >= 15 is 0 Å². The quantitative estimate of drug-likeness (QED) is 0.646. The van der Waals surface area contributed by atoms with Crippen LogP contribution in [0, 0.1) is 5.82 Å². The van der Waals surface area contributed by atoms with E-state index in [0.29, 0.717) is 10.6 Å². The molecule has 0 aliphatic heterocycles. The number of nitrogens with one attached hydrogen (secondary N) is 1. The first-order valence-electron chi connectivity index (χ1n) is 5.04. The fraction of sp³-hybridized carbons (Fsp3) is 0. The SMILES string of the molecule is Fc1cccc(/C=N/Nc2ccc(Cl)cc2)c1. The molecule has 0 unspecified atom stereocenters. The molecular formula is C13H10ClFN2. The molecule has 0 saturated heterocycles. The Bertz CT molecular complexity index is 523. The second-order valence-corrected chi connectivity index (χ2v) is 3.87. The molecular weight excluding hydrogens is 239 g/mol. The van der Waals surface area contributed by atoms with Gasteiger partial charge in [-0.25, -0.2) is 4.39 Å². The van der Waals surface area contributed by atoms with Gasteiger partial charge in [0.2, 0.25) is 0 Å². The molecule has 0 fully saturated rings. The molecule has 2 aromatic carbocycles. The molecule has 2 nitrogen and oxygen atoms in total. The molecule has 0 aliphatic rings. The summed E-state index contributed by atoms with van der Waals surface area (Å²) in [5, 5.41) is 4.67. The van der Waals surface area contributed by atoms with Crippen LogP contribution in [0.25, 0.3) is 0 Å². The van der Waals surface area contributed by atoms with Gasteiger partial charge >= 0.3 is 0 Å². The molecule has 0 aromatic heterocycles. The van der Waals surface area contributed by atoms with Crippen molar-refractivity contribution in [3.05, 3.63) is 64.9 Å². The van der Waals surface area contributed by atoms with Crippen LogP contribution in [0.5, 0.6) is 0 Å².